The second-order valence-corrected chi connectivity index (χ2v) is 9.35. The first-order chi connectivity index (χ1) is 17.5. The summed E-state index contributed by atoms with van der Waals surface area (Å²) < 4.78 is 13.3. The molecule has 8 heteroatoms. The number of benzene rings is 2. The summed E-state index contributed by atoms with van der Waals surface area (Å²) in [5.74, 6) is -0.402. The van der Waals surface area contributed by atoms with Crippen LogP contribution in [0.5, 0.6) is 0 Å². The van der Waals surface area contributed by atoms with Gasteiger partial charge in [-0.05, 0) is 61.0 Å². The monoisotopic (exact) mass is 503 g/mol. The fourth-order valence-corrected chi connectivity index (χ4v) is 4.72. The zero-order valence-corrected chi connectivity index (χ0v) is 20.7. The molecule has 2 aromatic carbocycles. The molecule has 0 radical (unpaired) electrons. The van der Waals surface area contributed by atoms with Crippen molar-refractivity contribution in [3.63, 3.8) is 0 Å². The quantitative estimate of drug-likeness (QED) is 0.351. The van der Waals surface area contributed by atoms with Gasteiger partial charge >= 0.3 is 0 Å². The van der Waals surface area contributed by atoms with Crippen molar-refractivity contribution in [1.29, 1.82) is 0 Å². The van der Waals surface area contributed by atoms with E-state index in [1.807, 2.05) is 43.3 Å². The van der Waals surface area contributed by atoms with Crippen LogP contribution in [0.1, 0.15) is 21.6 Å². The van der Waals surface area contributed by atoms with Crippen molar-refractivity contribution >= 4 is 28.9 Å². The fraction of sp³-hybridized carbons (Fsp3) is 0.214. The van der Waals surface area contributed by atoms with Gasteiger partial charge in [0, 0.05) is 72.6 Å². The first kappa shape index (κ1) is 24.0. The molecule has 1 amide bonds. The Hall–Kier alpha value is -3.68. The number of aromatic amines is 1. The minimum absolute atomic E-state index is 0.176. The fourth-order valence-electron chi connectivity index (χ4n) is 4.60. The zero-order valence-electron chi connectivity index (χ0n) is 20.0. The van der Waals surface area contributed by atoms with Crippen molar-refractivity contribution in [2.75, 3.05) is 36.4 Å². The van der Waals surface area contributed by atoms with Gasteiger partial charge in [-0.1, -0.05) is 23.7 Å². The summed E-state index contributed by atoms with van der Waals surface area (Å²) in [7, 11) is 0. The number of hydrogen-bond donors (Lipinski definition) is 2. The molecule has 0 spiro atoms. The van der Waals surface area contributed by atoms with Crippen molar-refractivity contribution in [2.24, 2.45) is 0 Å². The van der Waals surface area contributed by atoms with Gasteiger partial charge in [-0.3, -0.25) is 14.7 Å². The maximum Gasteiger partial charge on any atom is 0.255 e. The van der Waals surface area contributed by atoms with Gasteiger partial charge in [-0.2, -0.15) is 0 Å². The van der Waals surface area contributed by atoms with Gasteiger partial charge in [0.25, 0.3) is 5.91 Å². The molecule has 2 N–H and O–H groups in total. The van der Waals surface area contributed by atoms with E-state index in [-0.39, 0.29) is 11.7 Å². The SMILES string of the molecule is Cc1[nH]c(-c2ccc(Cl)cc2)c(CN2CCN(c3ccc(F)cc3)CC2)c1NC(=O)c1ccncc1. The lowest BCUT2D eigenvalue weighted by molar-refractivity contribution is 0.102. The standard InChI is InChI=1S/C28H27ClFN5O/c1-19-26(33-28(36)21-10-12-31-13-11-21)25(27(32-19)20-2-4-22(29)5-3-20)18-34-14-16-35(17-15-34)24-8-6-23(30)7-9-24/h2-13,32H,14-18H2,1H3,(H,33,36). The van der Waals surface area contributed by atoms with Crippen LogP contribution in [0.15, 0.2) is 73.1 Å². The highest BCUT2D eigenvalue weighted by Gasteiger charge is 2.24. The number of anilines is 2. The van der Waals surface area contributed by atoms with Gasteiger partial charge in [0.05, 0.1) is 11.4 Å². The lowest BCUT2D eigenvalue weighted by Gasteiger charge is -2.36. The molecule has 4 aromatic rings. The summed E-state index contributed by atoms with van der Waals surface area (Å²) in [6.45, 7) is 6.01. The number of carbonyl (C=O) groups excluding carboxylic acids is 1. The van der Waals surface area contributed by atoms with Crippen molar-refractivity contribution in [1.82, 2.24) is 14.9 Å². The summed E-state index contributed by atoms with van der Waals surface area (Å²) in [6, 6.07) is 17.8. The van der Waals surface area contributed by atoms with Crippen LogP contribution < -0.4 is 10.2 Å². The smallest absolute Gasteiger partial charge is 0.255 e. The third-order valence-corrected chi connectivity index (χ3v) is 6.80. The minimum Gasteiger partial charge on any atom is -0.369 e. The van der Waals surface area contributed by atoms with E-state index < -0.39 is 0 Å². The molecule has 0 saturated carbocycles. The number of halogens is 2. The average Bonchev–Trinajstić information content (AvgIpc) is 3.20. The molecule has 2 aromatic heterocycles. The molecule has 1 aliphatic rings. The van der Waals surface area contributed by atoms with E-state index in [1.54, 1.807) is 24.5 Å². The molecule has 0 unspecified atom stereocenters. The summed E-state index contributed by atoms with van der Waals surface area (Å²) >= 11 is 6.13. The Balaban J connectivity index is 1.40. The van der Waals surface area contributed by atoms with Crippen molar-refractivity contribution in [3.8, 4) is 11.3 Å². The highest BCUT2D eigenvalue weighted by Crippen LogP contribution is 2.34. The van der Waals surface area contributed by atoms with Gasteiger partial charge in [0.2, 0.25) is 0 Å². The molecular formula is C28H27ClFN5O. The van der Waals surface area contributed by atoms with Crippen LogP contribution in [0.3, 0.4) is 0 Å². The highest BCUT2D eigenvalue weighted by atomic mass is 35.5. The molecular weight excluding hydrogens is 477 g/mol. The number of rotatable bonds is 6. The van der Waals surface area contributed by atoms with Crippen LogP contribution in [0.4, 0.5) is 15.8 Å². The minimum atomic E-state index is -0.226. The molecule has 1 aliphatic heterocycles. The summed E-state index contributed by atoms with van der Waals surface area (Å²) in [4.78, 5) is 25.2. The molecule has 3 heterocycles. The predicted molar refractivity (Wildman–Crippen MR) is 142 cm³/mol. The summed E-state index contributed by atoms with van der Waals surface area (Å²) in [5.41, 5.74) is 6.28. The van der Waals surface area contributed by atoms with Crippen LogP contribution in [-0.2, 0) is 6.54 Å². The van der Waals surface area contributed by atoms with Crippen molar-refractivity contribution in [3.05, 3.63) is 101 Å². The summed E-state index contributed by atoms with van der Waals surface area (Å²) in [6.07, 6.45) is 3.22. The van der Waals surface area contributed by atoms with E-state index in [4.69, 9.17) is 11.6 Å². The van der Waals surface area contributed by atoms with E-state index >= 15 is 0 Å². The van der Waals surface area contributed by atoms with E-state index in [1.165, 1.54) is 12.1 Å². The predicted octanol–water partition coefficient (Wildman–Crippen LogP) is 5.75. The highest BCUT2D eigenvalue weighted by molar-refractivity contribution is 6.30. The first-order valence-electron chi connectivity index (χ1n) is 11.9. The summed E-state index contributed by atoms with van der Waals surface area (Å²) in [5, 5.41) is 3.80. The molecule has 0 aliphatic carbocycles. The van der Waals surface area contributed by atoms with E-state index in [0.29, 0.717) is 17.1 Å². The van der Waals surface area contributed by atoms with E-state index in [0.717, 1.165) is 60.1 Å². The Morgan fingerprint density at radius 1 is 1.00 bits per heavy atom. The number of H-pyrrole nitrogens is 1. The Kier molecular flexibility index (Phi) is 7.02. The Bertz CT molecular complexity index is 1330. The van der Waals surface area contributed by atoms with E-state index in [9.17, 15) is 9.18 Å². The number of piperazine rings is 1. The molecule has 6 nitrogen and oxygen atoms in total. The number of nitrogens with one attached hydrogen (secondary N) is 2. The largest absolute Gasteiger partial charge is 0.369 e. The number of pyridine rings is 1. The molecule has 1 saturated heterocycles. The maximum atomic E-state index is 13.3. The molecule has 1 fully saturated rings. The van der Waals surface area contributed by atoms with Crippen LogP contribution in [0.25, 0.3) is 11.3 Å². The van der Waals surface area contributed by atoms with Crippen LogP contribution >= 0.6 is 11.6 Å². The average molecular weight is 504 g/mol. The Morgan fingerprint density at radius 3 is 2.33 bits per heavy atom. The van der Waals surface area contributed by atoms with Gasteiger partial charge in [0.15, 0.2) is 0 Å². The van der Waals surface area contributed by atoms with E-state index in [2.05, 4.69) is 25.1 Å². The van der Waals surface area contributed by atoms with Gasteiger partial charge in [0.1, 0.15) is 5.82 Å². The van der Waals surface area contributed by atoms with Crippen molar-refractivity contribution in [2.45, 2.75) is 13.5 Å². The first-order valence-corrected chi connectivity index (χ1v) is 12.3. The zero-order chi connectivity index (χ0) is 25.1. The molecule has 5 rings (SSSR count). The number of hydrogen-bond acceptors (Lipinski definition) is 4. The normalized spacial score (nSPS) is 14.1. The lowest BCUT2D eigenvalue weighted by atomic mass is 10.1. The van der Waals surface area contributed by atoms with Crippen LogP contribution in [-0.4, -0.2) is 47.0 Å². The second kappa shape index (κ2) is 10.5. The van der Waals surface area contributed by atoms with Crippen molar-refractivity contribution < 1.29 is 9.18 Å². The molecule has 0 bridgehead atoms. The number of amides is 1. The topological polar surface area (TPSA) is 64.3 Å². The molecule has 36 heavy (non-hydrogen) atoms. The Morgan fingerprint density at radius 2 is 1.67 bits per heavy atom. The third kappa shape index (κ3) is 5.27. The number of aryl methyl sites for hydroxylation is 1. The Labute approximate surface area is 214 Å². The number of nitrogens with zero attached hydrogens (tertiary/aromatic N) is 3. The number of carbonyl (C=O) groups is 1. The lowest BCUT2D eigenvalue weighted by Crippen LogP contribution is -2.46. The van der Waals surface area contributed by atoms with Crippen LogP contribution in [0, 0.1) is 12.7 Å². The number of aromatic nitrogens is 2. The molecule has 0 atom stereocenters. The molecule has 184 valence electrons. The van der Waals surface area contributed by atoms with Crippen LogP contribution in [0.2, 0.25) is 5.02 Å². The van der Waals surface area contributed by atoms with Gasteiger partial charge in [-0.15, -0.1) is 0 Å². The third-order valence-electron chi connectivity index (χ3n) is 6.55. The van der Waals surface area contributed by atoms with Gasteiger partial charge < -0.3 is 15.2 Å². The maximum absolute atomic E-state index is 13.3. The second-order valence-electron chi connectivity index (χ2n) is 8.92. The van der Waals surface area contributed by atoms with Gasteiger partial charge in [-0.25, -0.2) is 4.39 Å².